The van der Waals surface area contributed by atoms with Crippen LogP contribution >= 0.6 is 0 Å². The molecule has 1 unspecified atom stereocenters. The van der Waals surface area contributed by atoms with E-state index in [-0.39, 0.29) is 11.8 Å². The second kappa shape index (κ2) is 5.64. The van der Waals surface area contributed by atoms with Gasteiger partial charge in [0.1, 0.15) is 0 Å². The largest absolute Gasteiger partial charge is 0.381 e. The van der Waals surface area contributed by atoms with Crippen LogP contribution in [-0.2, 0) is 9.53 Å². The van der Waals surface area contributed by atoms with Gasteiger partial charge in [-0.1, -0.05) is 6.42 Å². The topological polar surface area (TPSA) is 64.4 Å². The van der Waals surface area contributed by atoms with Gasteiger partial charge in [0.25, 0.3) is 0 Å². The first kappa shape index (κ1) is 11.9. The van der Waals surface area contributed by atoms with Crippen LogP contribution < -0.4 is 11.1 Å². The Hall–Kier alpha value is -0.610. The van der Waals surface area contributed by atoms with Crippen molar-refractivity contribution in [2.24, 2.45) is 23.5 Å². The van der Waals surface area contributed by atoms with Crippen molar-refractivity contribution in [2.45, 2.75) is 25.7 Å². The molecule has 0 spiro atoms. The lowest BCUT2D eigenvalue weighted by Gasteiger charge is -2.18. The highest BCUT2D eigenvalue weighted by molar-refractivity contribution is 5.79. The molecule has 0 aromatic carbocycles. The summed E-state index contributed by atoms with van der Waals surface area (Å²) in [7, 11) is 0. The number of ether oxygens (including phenoxy) is 1. The Bertz CT molecular complexity index is 239. The molecular weight excluding hydrogens is 204 g/mol. The molecule has 1 heterocycles. The molecule has 2 rings (SSSR count). The highest BCUT2D eigenvalue weighted by Gasteiger charge is 2.32. The molecule has 3 N–H and O–H groups in total. The van der Waals surface area contributed by atoms with Crippen LogP contribution in [0.15, 0.2) is 0 Å². The third-order valence-corrected chi connectivity index (χ3v) is 3.89. The normalized spacial score (nSPS) is 34.2. The molecule has 1 saturated heterocycles. The zero-order valence-corrected chi connectivity index (χ0v) is 9.78. The van der Waals surface area contributed by atoms with E-state index in [1.54, 1.807) is 0 Å². The first-order valence-electron chi connectivity index (χ1n) is 6.36. The summed E-state index contributed by atoms with van der Waals surface area (Å²) < 4.78 is 5.29. The number of hydrogen-bond donors (Lipinski definition) is 2. The van der Waals surface area contributed by atoms with E-state index in [0.717, 1.165) is 45.4 Å². The van der Waals surface area contributed by atoms with Crippen LogP contribution in [0.2, 0.25) is 0 Å². The molecule has 92 valence electrons. The predicted octanol–water partition coefficient (Wildman–Crippen LogP) is 0.514. The van der Waals surface area contributed by atoms with E-state index in [4.69, 9.17) is 10.5 Å². The van der Waals surface area contributed by atoms with Gasteiger partial charge in [0.05, 0.1) is 6.61 Å². The SMILES string of the molecule is NC[C@H]1CCC[C@H]1C(=O)NCC1CCOC1. The van der Waals surface area contributed by atoms with E-state index >= 15 is 0 Å². The second-order valence-electron chi connectivity index (χ2n) is 5.01. The van der Waals surface area contributed by atoms with Crippen molar-refractivity contribution in [1.29, 1.82) is 0 Å². The molecule has 0 radical (unpaired) electrons. The molecule has 1 aliphatic heterocycles. The summed E-state index contributed by atoms with van der Waals surface area (Å²) in [6.45, 7) is 3.05. The summed E-state index contributed by atoms with van der Waals surface area (Å²) in [5, 5.41) is 3.06. The zero-order valence-electron chi connectivity index (χ0n) is 9.78. The van der Waals surface area contributed by atoms with Gasteiger partial charge in [0.15, 0.2) is 0 Å². The van der Waals surface area contributed by atoms with Crippen LogP contribution in [0.25, 0.3) is 0 Å². The summed E-state index contributed by atoms with van der Waals surface area (Å²) in [5.74, 6) is 1.29. The van der Waals surface area contributed by atoms with Gasteiger partial charge in [-0.15, -0.1) is 0 Å². The standard InChI is InChI=1S/C12H22N2O2/c13-6-10-2-1-3-11(10)12(15)14-7-9-4-5-16-8-9/h9-11H,1-8,13H2,(H,14,15)/t9?,10-,11-/m1/s1. The number of carbonyl (C=O) groups excluding carboxylic acids is 1. The average molecular weight is 226 g/mol. The van der Waals surface area contributed by atoms with Gasteiger partial charge in [0, 0.05) is 25.0 Å². The lowest BCUT2D eigenvalue weighted by molar-refractivity contribution is -0.126. The number of carbonyl (C=O) groups is 1. The minimum atomic E-state index is 0.160. The van der Waals surface area contributed by atoms with Crippen LogP contribution in [0.3, 0.4) is 0 Å². The maximum atomic E-state index is 12.0. The molecule has 3 atom stereocenters. The quantitative estimate of drug-likeness (QED) is 0.734. The van der Waals surface area contributed by atoms with Gasteiger partial charge in [0.2, 0.25) is 5.91 Å². The molecule has 0 bridgehead atoms. The monoisotopic (exact) mass is 226 g/mol. The minimum absolute atomic E-state index is 0.160. The Morgan fingerprint density at radius 2 is 2.25 bits per heavy atom. The Labute approximate surface area is 96.9 Å². The van der Waals surface area contributed by atoms with Crippen molar-refractivity contribution in [3.05, 3.63) is 0 Å². The highest BCUT2D eigenvalue weighted by atomic mass is 16.5. The van der Waals surface area contributed by atoms with Crippen molar-refractivity contribution < 1.29 is 9.53 Å². The fourth-order valence-corrected chi connectivity index (χ4v) is 2.78. The zero-order chi connectivity index (χ0) is 11.4. The number of nitrogens with two attached hydrogens (primary N) is 1. The van der Waals surface area contributed by atoms with Crippen molar-refractivity contribution >= 4 is 5.91 Å². The van der Waals surface area contributed by atoms with Crippen LogP contribution in [0.4, 0.5) is 0 Å². The molecule has 1 saturated carbocycles. The summed E-state index contributed by atoms with van der Waals surface area (Å²) in [5.41, 5.74) is 5.68. The molecule has 4 heteroatoms. The summed E-state index contributed by atoms with van der Waals surface area (Å²) in [4.78, 5) is 12.0. The van der Waals surface area contributed by atoms with E-state index in [2.05, 4.69) is 5.32 Å². The molecule has 0 aromatic heterocycles. The molecule has 1 amide bonds. The number of hydrogen-bond acceptors (Lipinski definition) is 3. The number of amides is 1. The Morgan fingerprint density at radius 3 is 2.94 bits per heavy atom. The highest BCUT2D eigenvalue weighted by Crippen LogP contribution is 2.30. The van der Waals surface area contributed by atoms with E-state index < -0.39 is 0 Å². The molecule has 0 aromatic rings. The average Bonchev–Trinajstić information content (AvgIpc) is 2.96. The van der Waals surface area contributed by atoms with Crippen LogP contribution in [0.1, 0.15) is 25.7 Å². The fraction of sp³-hybridized carbons (Fsp3) is 0.917. The van der Waals surface area contributed by atoms with E-state index in [0.29, 0.717) is 18.4 Å². The Kier molecular flexibility index (Phi) is 4.18. The van der Waals surface area contributed by atoms with Gasteiger partial charge < -0.3 is 15.8 Å². The second-order valence-corrected chi connectivity index (χ2v) is 5.01. The van der Waals surface area contributed by atoms with Crippen LogP contribution in [-0.4, -0.2) is 32.2 Å². The van der Waals surface area contributed by atoms with Gasteiger partial charge >= 0.3 is 0 Å². The Balaban J connectivity index is 1.74. The minimum Gasteiger partial charge on any atom is -0.381 e. The van der Waals surface area contributed by atoms with Crippen molar-refractivity contribution in [2.75, 3.05) is 26.3 Å². The fourth-order valence-electron chi connectivity index (χ4n) is 2.78. The maximum Gasteiger partial charge on any atom is 0.223 e. The number of nitrogens with one attached hydrogen (secondary N) is 1. The smallest absolute Gasteiger partial charge is 0.223 e. The number of rotatable bonds is 4. The van der Waals surface area contributed by atoms with E-state index in [1.165, 1.54) is 0 Å². The predicted molar refractivity (Wildman–Crippen MR) is 61.8 cm³/mol. The summed E-state index contributed by atoms with van der Waals surface area (Å²) >= 11 is 0. The maximum absolute atomic E-state index is 12.0. The van der Waals surface area contributed by atoms with Crippen LogP contribution in [0.5, 0.6) is 0 Å². The first-order chi connectivity index (χ1) is 7.81. The van der Waals surface area contributed by atoms with Crippen molar-refractivity contribution in [3.63, 3.8) is 0 Å². The molecule has 1 aliphatic carbocycles. The van der Waals surface area contributed by atoms with Crippen LogP contribution in [0, 0.1) is 17.8 Å². The molecular formula is C12H22N2O2. The lowest BCUT2D eigenvalue weighted by Crippen LogP contribution is -2.37. The third-order valence-electron chi connectivity index (χ3n) is 3.89. The molecule has 4 nitrogen and oxygen atoms in total. The van der Waals surface area contributed by atoms with E-state index in [1.807, 2.05) is 0 Å². The van der Waals surface area contributed by atoms with Crippen molar-refractivity contribution in [3.8, 4) is 0 Å². The van der Waals surface area contributed by atoms with Gasteiger partial charge in [-0.05, 0) is 31.7 Å². The molecule has 2 fully saturated rings. The summed E-state index contributed by atoms with van der Waals surface area (Å²) in [6, 6.07) is 0. The molecule has 16 heavy (non-hydrogen) atoms. The van der Waals surface area contributed by atoms with E-state index in [9.17, 15) is 4.79 Å². The Morgan fingerprint density at radius 1 is 1.38 bits per heavy atom. The molecule has 2 aliphatic rings. The van der Waals surface area contributed by atoms with Gasteiger partial charge in [-0.3, -0.25) is 4.79 Å². The first-order valence-corrected chi connectivity index (χ1v) is 6.36. The lowest BCUT2D eigenvalue weighted by atomic mass is 9.95. The third kappa shape index (κ3) is 2.74. The van der Waals surface area contributed by atoms with Gasteiger partial charge in [-0.25, -0.2) is 0 Å². The van der Waals surface area contributed by atoms with Gasteiger partial charge in [-0.2, -0.15) is 0 Å². The summed E-state index contributed by atoms with van der Waals surface area (Å²) in [6.07, 6.45) is 4.34. The van der Waals surface area contributed by atoms with Crippen molar-refractivity contribution in [1.82, 2.24) is 5.32 Å².